The van der Waals surface area contributed by atoms with E-state index in [0.29, 0.717) is 38.2 Å². The van der Waals surface area contributed by atoms with Crippen molar-refractivity contribution in [2.24, 2.45) is 0 Å². The molecule has 1 aromatic heterocycles. The summed E-state index contributed by atoms with van der Waals surface area (Å²) < 4.78 is 0. The average Bonchev–Trinajstić information content (AvgIpc) is 2.94. The maximum Gasteiger partial charge on any atom is 0.252 e. The number of carbonyl (C=O) groups excluding carboxylic acids is 2. The fourth-order valence-electron chi connectivity index (χ4n) is 3.22. The van der Waals surface area contributed by atoms with E-state index >= 15 is 0 Å². The van der Waals surface area contributed by atoms with E-state index in [-0.39, 0.29) is 11.8 Å². The first kappa shape index (κ1) is 32.5. The number of carbonyl (C=O) groups is 2. The van der Waals surface area contributed by atoms with E-state index < -0.39 is 0 Å². The van der Waals surface area contributed by atoms with Crippen molar-refractivity contribution in [3.05, 3.63) is 103 Å². The molecule has 0 aliphatic heterocycles. The first-order valence-electron chi connectivity index (χ1n) is 13.8. The highest BCUT2D eigenvalue weighted by Gasteiger charge is 2.03. The summed E-state index contributed by atoms with van der Waals surface area (Å²) in [6.45, 7) is 4.54. The third-order valence-electron chi connectivity index (χ3n) is 5.27. The maximum atomic E-state index is 11.9. The van der Waals surface area contributed by atoms with Crippen LogP contribution in [-0.4, -0.2) is 43.0 Å². The van der Waals surface area contributed by atoms with Crippen molar-refractivity contribution in [3.8, 4) is 0 Å². The van der Waals surface area contributed by atoms with Crippen LogP contribution in [0, 0.1) is 0 Å². The zero-order chi connectivity index (χ0) is 27.4. The fraction of sp³-hybridized carbons (Fsp3) is 0.406. The quantitative estimate of drug-likeness (QED) is 0.138. The van der Waals surface area contributed by atoms with Gasteiger partial charge in [-0.25, -0.2) is 0 Å². The SMILES string of the molecule is CC/C=C\C/C=C\C/C=C\C/C=C\C/C=C\C/C=C\CCC(=O)NCCNCCNC(=O)c1cccnc1. The van der Waals surface area contributed by atoms with E-state index in [0.717, 1.165) is 44.9 Å². The Morgan fingerprint density at radius 2 is 1.24 bits per heavy atom. The van der Waals surface area contributed by atoms with Gasteiger partial charge in [-0.05, 0) is 57.1 Å². The molecule has 38 heavy (non-hydrogen) atoms. The van der Waals surface area contributed by atoms with Gasteiger partial charge in [0.15, 0.2) is 0 Å². The van der Waals surface area contributed by atoms with E-state index in [9.17, 15) is 9.59 Å². The first-order valence-corrected chi connectivity index (χ1v) is 13.8. The molecule has 0 bridgehead atoms. The molecule has 3 N–H and O–H groups in total. The molecule has 1 aromatic rings. The van der Waals surface area contributed by atoms with Crippen LogP contribution in [0.5, 0.6) is 0 Å². The Labute approximate surface area is 229 Å². The molecule has 206 valence electrons. The highest BCUT2D eigenvalue weighted by molar-refractivity contribution is 5.93. The lowest BCUT2D eigenvalue weighted by Crippen LogP contribution is -2.36. The second-order valence-corrected chi connectivity index (χ2v) is 8.55. The van der Waals surface area contributed by atoms with E-state index in [1.165, 1.54) is 0 Å². The Kier molecular flexibility index (Phi) is 21.5. The molecule has 6 nitrogen and oxygen atoms in total. The number of aromatic nitrogens is 1. The molecule has 0 fully saturated rings. The molecule has 0 unspecified atom stereocenters. The smallest absolute Gasteiger partial charge is 0.252 e. The summed E-state index contributed by atoms with van der Waals surface area (Å²) in [5.74, 6) is -0.0844. The van der Waals surface area contributed by atoms with Crippen molar-refractivity contribution in [2.45, 2.75) is 58.3 Å². The van der Waals surface area contributed by atoms with Crippen LogP contribution in [0.1, 0.15) is 68.6 Å². The van der Waals surface area contributed by atoms with Crippen LogP contribution in [-0.2, 0) is 4.79 Å². The van der Waals surface area contributed by atoms with Crippen LogP contribution in [0.25, 0.3) is 0 Å². The van der Waals surface area contributed by atoms with Gasteiger partial charge in [-0.3, -0.25) is 14.6 Å². The predicted octanol–water partition coefficient (Wildman–Crippen LogP) is 6.00. The Balaban J connectivity index is 1.91. The lowest BCUT2D eigenvalue weighted by Gasteiger charge is -2.07. The van der Waals surface area contributed by atoms with Crippen molar-refractivity contribution in [1.29, 1.82) is 0 Å². The number of allylic oxidation sites excluding steroid dienone is 12. The minimum absolute atomic E-state index is 0.0520. The normalized spacial score (nSPS) is 12.2. The summed E-state index contributed by atoms with van der Waals surface area (Å²) >= 11 is 0. The molecule has 0 spiro atoms. The minimum Gasteiger partial charge on any atom is -0.355 e. The molecule has 0 aliphatic rings. The van der Waals surface area contributed by atoms with Crippen LogP contribution in [0.3, 0.4) is 0 Å². The van der Waals surface area contributed by atoms with Crippen LogP contribution < -0.4 is 16.0 Å². The zero-order valence-electron chi connectivity index (χ0n) is 23.0. The monoisotopic (exact) mass is 518 g/mol. The van der Waals surface area contributed by atoms with Crippen LogP contribution >= 0.6 is 0 Å². The van der Waals surface area contributed by atoms with Gasteiger partial charge in [-0.15, -0.1) is 0 Å². The van der Waals surface area contributed by atoms with Crippen molar-refractivity contribution >= 4 is 11.8 Å². The van der Waals surface area contributed by atoms with Gasteiger partial charge in [0, 0.05) is 45.0 Å². The molecule has 0 atom stereocenters. The molecule has 1 rings (SSSR count). The number of hydrogen-bond donors (Lipinski definition) is 3. The fourth-order valence-corrected chi connectivity index (χ4v) is 3.22. The highest BCUT2D eigenvalue weighted by atomic mass is 16.2. The van der Waals surface area contributed by atoms with Gasteiger partial charge >= 0.3 is 0 Å². The standard InChI is InChI=1S/C32H46N4O2/c1-2-3-4-5-6-7-8-9-10-11-12-13-14-15-16-17-18-19-20-23-31(37)35-27-25-33-26-28-36-32(38)30-22-21-24-34-29-30/h3-4,6-7,9-10,12-13,15-16,18-19,21-22,24,29,33H,2,5,8,11,14,17,20,23,25-28H2,1H3,(H,35,37)(H,36,38)/b4-3-,7-6-,10-9-,13-12-,16-15-,19-18-. The summed E-state index contributed by atoms with van der Waals surface area (Å²) in [4.78, 5) is 27.7. The number of nitrogens with one attached hydrogen (secondary N) is 3. The van der Waals surface area contributed by atoms with Crippen molar-refractivity contribution in [3.63, 3.8) is 0 Å². The molecule has 6 heteroatoms. The van der Waals surface area contributed by atoms with Gasteiger partial charge in [-0.2, -0.15) is 0 Å². The molecule has 0 aromatic carbocycles. The van der Waals surface area contributed by atoms with Crippen molar-refractivity contribution < 1.29 is 9.59 Å². The van der Waals surface area contributed by atoms with E-state index in [2.05, 4.69) is 101 Å². The number of pyridine rings is 1. The van der Waals surface area contributed by atoms with Gasteiger partial charge in [0.05, 0.1) is 5.56 Å². The Bertz CT molecular complexity index is 915. The maximum absolute atomic E-state index is 11.9. The zero-order valence-corrected chi connectivity index (χ0v) is 23.0. The third-order valence-corrected chi connectivity index (χ3v) is 5.27. The van der Waals surface area contributed by atoms with E-state index in [1.54, 1.807) is 24.5 Å². The third kappa shape index (κ3) is 20.7. The highest BCUT2D eigenvalue weighted by Crippen LogP contribution is 1.98. The Morgan fingerprint density at radius 3 is 1.76 bits per heavy atom. The Hall–Kier alpha value is -3.51. The number of amides is 2. The van der Waals surface area contributed by atoms with Crippen LogP contribution in [0.15, 0.2) is 97.4 Å². The second-order valence-electron chi connectivity index (χ2n) is 8.55. The summed E-state index contributed by atoms with van der Waals surface area (Å²) in [5.41, 5.74) is 0.548. The summed E-state index contributed by atoms with van der Waals surface area (Å²) in [5, 5.41) is 8.93. The number of nitrogens with zero attached hydrogens (tertiary/aromatic N) is 1. The molecule has 2 amide bonds. The van der Waals surface area contributed by atoms with E-state index in [1.807, 2.05) is 0 Å². The lowest BCUT2D eigenvalue weighted by molar-refractivity contribution is -0.120. The van der Waals surface area contributed by atoms with Crippen LogP contribution in [0.2, 0.25) is 0 Å². The van der Waals surface area contributed by atoms with E-state index in [4.69, 9.17) is 0 Å². The first-order chi connectivity index (χ1) is 18.7. The van der Waals surface area contributed by atoms with Crippen molar-refractivity contribution in [2.75, 3.05) is 26.2 Å². The Morgan fingerprint density at radius 1 is 0.711 bits per heavy atom. The summed E-state index contributed by atoms with van der Waals surface area (Å²) in [6.07, 6.45) is 36.4. The van der Waals surface area contributed by atoms with Gasteiger partial charge < -0.3 is 16.0 Å². The molecule has 0 radical (unpaired) electrons. The van der Waals surface area contributed by atoms with Crippen molar-refractivity contribution in [1.82, 2.24) is 20.9 Å². The second kappa shape index (κ2) is 25.2. The minimum atomic E-state index is -0.136. The van der Waals surface area contributed by atoms with Gasteiger partial charge in [0.1, 0.15) is 0 Å². The molecular formula is C32H46N4O2. The molecule has 0 aliphatic carbocycles. The summed E-state index contributed by atoms with van der Waals surface area (Å²) in [7, 11) is 0. The van der Waals surface area contributed by atoms with Gasteiger partial charge in [0.25, 0.3) is 5.91 Å². The van der Waals surface area contributed by atoms with Gasteiger partial charge in [-0.1, -0.05) is 79.8 Å². The average molecular weight is 519 g/mol. The molecule has 0 saturated heterocycles. The molecule has 0 saturated carbocycles. The predicted molar refractivity (Wildman–Crippen MR) is 160 cm³/mol. The lowest BCUT2D eigenvalue weighted by atomic mass is 10.2. The van der Waals surface area contributed by atoms with Crippen LogP contribution in [0.4, 0.5) is 0 Å². The number of hydrogen-bond acceptors (Lipinski definition) is 4. The van der Waals surface area contributed by atoms with Gasteiger partial charge in [0.2, 0.25) is 5.91 Å². The molecular weight excluding hydrogens is 472 g/mol. The number of rotatable bonds is 21. The summed E-state index contributed by atoms with van der Waals surface area (Å²) in [6, 6.07) is 3.46. The largest absolute Gasteiger partial charge is 0.355 e. The molecule has 1 heterocycles. The topological polar surface area (TPSA) is 83.1 Å².